The number of thioether (sulfide) groups is 1. The van der Waals surface area contributed by atoms with Gasteiger partial charge in [0, 0.05) is 18.0 Å². The average molecular weight is 433 g/mol. The van der Waals surface area contributed by atoms with Crippen LogP contribution in [0.25, 0.3) is 0 Å². The molecule has 2 N–H and O–H groups in total. The Morgan fingerprint density at radius 2 is 1.93 bits per heavy atom. The maximum atomic E-state index is 12.9. The van der Waals surface area contributed by atoms with E-state index < -0.39 is 11.7 Å². The molecule has 0 bridgehead atoms. The standard InChI is InChI=1S/C19H20ClF3N2S2/c1-13-5-2-3-6-14(13)12-27-10-4-9-24-18(26)25-15-7-8-17(20)16(11-15)19(21,22)23/h2-3,5-8,11H,4,9-10,12H2,1H3,(H2,24,25,26). The van der Waals surface area contributed by atoms with Crippen molar-refractivity contribution >= 4 is 46.4 Å². The molecule has 27 heavy (non-hydrogen) atoms. The smallest absolute Gasteiger partial charge is 0.362 e. The lowest BCUT2D eigenvalue weighted by atomic mass is 10.1. The molecule has 0 unspecified atom stereocenters. The highest BCUT2D eigenvalue weighted by Gasteiger charge is 2.33. The van der Waals surface area contributed by atoms with Crippen LogP contribution in [0, 0.1) is 6.92 Å². The van der Waals surface area contributed by atoms with Crippen LogP contribution < -0.4 is 10.6 Å². The first-order chi connectivity index (χ1) is 12.8. The third-order valence-electron chi connectivity index (χ3n) is 3.80. The van der Waals surface area contributed by atoms with Crippen LogP contribution in [-0.2, 0) is 11.9 Å². The van der Waals surface area contributed by atoms with Crippen LogP contribution in [0.1, 0.15) is 23.1 Å². The normalized spacial score (nSPS) is 11.3. The summed E-state index contributed by atoms with van der Waals surface area (Å²) in [6.07, 6.45) is -3.61. The SMILES string of the molecule is Cc1ccccc1CSCCCNC(=S)Nc1ccc(Cl)c(C(F)(F)F)c1. The Morgan fingerprint density at radius 3 is 2.63 bits per heavy atom. The van der Waals surface area contributed by atoms with Gasteiger partial charge in [0.1, 0.15) is 0 Å². The summed E-state index contributed by atoms with van der Waals surface area (Å²) in [6.45, 7) is 2.74. The molecule has 0 heterocycles. The van der Waals surface area contributed by atoms with Crippen molar-refractivity contribution in [3.05, 3.63) is 64.2 Å². The fourth-order valence-corrected chi connectivity index (χ4v) is 3.81. The van der Waals surface area contributed by atoms with Gasteiger partial charge in [-0.25, -0.2) is 0 Å². The molecule has 8 heteroatoms. The summed E-state index contributed by atoms with van der Waals surface area (Å²) < 4.78 is 38.6. The summed E-state index contributed by atoms with van der Waals surface area (Å²) in [5.41, 5.74) is 1.98. The molecule has 2 aromatic rings. The number of halogens is 4. The monoisotopic (exact) mass is 432 g/mol. The minimum Gasteiger partial charge on any atom is -0.362 e. The van der Waals surface area contributed by atoms with Gasteiger partial charge in [-0.1, -0.05) is 35.9 Å². The van der Waals surface area contributed by atoms with Crippen LogP contribution in [-0.4, -0.2) is 17.4 Å². The van der Waals surface area contributed by atoms with E-state index in [0.29, 0.717) is 6.54 Å². The molecule has 0 aromatic heterocycles. The van der Waals surface area contributed by atoms with Gasteiger partial charge in [0.05, 0.1) is 10.6 Å². The largest absolute Gasteiger partial charge is 0.417 e. The minimum absolute atomic E-state index is 0.248. The van der Waals surface area contributed by atoms with E-state index in [1.165, 1.54) is 23.3 Å². The van der Waals surface area contributed by atoms with Gasteiger partial charge in [-0.2, -0.15) is 24.9 Å². The van der Waals surface area contributed by atoms with Crippen LogP contribution in [0.5, 0.6) is 0 Å². The van der Waals surface area contributed by atoms with Crippen molar-refractivity contribution in [1.29, 1.82) is 0 Å². The van der Waals surface area contributed by atoms with Crippen LogP contribution in [0.4, 0.5) is 18.9 Å². The molecule has 0 atom stereocenters. The number of hydrogen-bond donors (Lipinski definition) is 2. The van der Waals surface area contributed by atoms with Crippen molar-refractivity contribution < 1.29 is 13.2 Å². The number of thiocarbonyl (C=S) groups is 1. The molecule has 146 valence electrons. The first-order valence-electron chi connectivity index (χ1n) is 8.31. The van der Waals surface area contributed by atoms with E-state index in [0.717, 1.165) is 24.0 Å². The Labute approximate surface area is 171 Å². The van der Waals surface area contributed by atoms with E-state index in [4.69, 9.17) is 23.8 Å². The predicted octanol–water partition coefficient (Wildman–Crippen LogP) is 6.28. The highest BCUT2D eigenvalue weighted by Crippen LogP contribution is 2.36. The molecule has 0 aliphatic carbocycles. The van der Waals surface area contributed by atoms with E-state index in [-0.39, 0.29) is 15.8 Å². The first kappa shape index (κ1) is 21.9. The van der Waals surface area contributed by atoms with Gasteiger partial charge in [-0.15, -0.1) is 0 Å². The van der Waals surface area contributed by atoms with Crippen molar-refractivity contribution in [3.8, 4) is 0 Å². The molecule has 0 aliphatic rings. The predicted molar refractivity (Wildman–Crippen MR) is 113 cm³/mol. The number of nitrogens with one attached hydrogen (secondary N) is 2. The van der Waals surface area contributed by atoms with Crippen molar-refractivity contribution in [1.82, 2.24) is 5.32 Å². The number of rotatable bonds is 7. The van der Waals surface area contributed by atoms with Crippen LogP contribution >= 0.6 is 35.6 Å². The van der Waals surface area contributed by atoms with Crippen LogP contribution in [0.2, 0.25) is 5.02 Å². The number of anilines is 1. The van der Waals surface area contributed by atoms with Crippen molar-refractivity contribution in [2.75, 3.05) is 17.6 Å². The van der Waals surface area contributed by atoms with E-state index in [9.17, 15) is 13.2 Å². The summed E-state index contributed by atoms with van der Waals surface area (Å²) in [5, 5.41) is 5.72. The van der Waals surface area contributed by atoms with Gasteiger partial charge in [-0.3, -0.25) is 0 Å². The Bertz CT molecular complexity index is 782. The van der Waals surface area contributed by atoms with Crippen LogP contribution in [0.15, 0.2) is 42.5 Å². The zero-order chi connectivity index (χ0) is 19.9. The molecular formula is C19H20ClF3N2S2. The molecule has 0 amide bonds. The molecule has 2 nitrogen and oxygen atoms in total. The van der Waals surface area contributed by atoms with Crippen molar-refractivity contribution in [2.24, 2.45) is 0 Å². The number of alkyl halides is 3. The van der Waals surface area contributed by atoms with Crippen molar-refractivity contribution in [3.63, 3.8) is 0 Å². The zero-order valence-corrected chi connectivity index (χ0v) is 17.1. The second-order valence-electron chi connectivity index (χ2n) is 5.91. The maximum absolute atomic E-state index is 12.9. The Balaban J connectivity index is 1.70. The maximum Gasteiger partial charge on any atom is 0.417 e. The van der Waals surface area contributed by atoms with Gasteiger partial charge in [0.2, 0.25) is 0 Å². The second-order valence-corrected chi connectivity index (χ2v) is 7.83. The first-order valence-corrected chi connectivity index (χ1v) is 10.3. The van der Waals surface area contributed by atoms with Gasteiger partial charge in [0.15, 0.2) is 5.11 Å². The lowest BCUT2D eigenvalue weighted by Gasteiger charge is -2.14. The average Bonchev–Trinajstić information content (AvgIpc) is 2.60. The molecule has 0 fully saturated rings. The molecule has 2 aromatic carbocycles. The van der Waals surface area contributed by atoms with Gasteiger partial charge < -0.3 is 10.6 Å². The highest BCUT2D eigenvalue weighted by molar-refractivity contribution is 7.98. The fraction of sp³-hybridized carbons (Fsp3) is 0.316. The summed E-state index contributed by atoms with van der Waals surface area (Å²) in [4.78, 5) is 0. The Morgan fingerprint density at radius 1 is 1.19 bits per heavy atom. The quantitative estimate of drug-likeness (QED) is 0.397. The lowest BCUT2D eigenvalue weighted by Crippen LogP contribution is -2.29. The molecule has 0 aliphatic heterocycles. The van der Waals surface area contributed by atoms with E-state index >= 15 is 0 Å². The summed E-state index contributed by atoms with van der Waals surface area (Å²) in [5.74, 6) is 1.92. The molecule has 2 rings (SSSR count). The van der Waals surface area contributed by atoms with E-state index in [1.807, 2.05) is 23.9 Å². The molecule has 0 radical (unpaired) electrons. The van der Waals surface area contributed by atoms with Gasteiger partial charge in [0.25, 0.3) is 0 Å². The Kier molecular flexibility index (Phi) is 8.26. The number of hydrogen-bond acceptors (Lipinski definition) is 2. The topological polar surface area (TPSA) is 24.1 Å². The fourth-order valence-electron chi connectivity index (χ4n) is 2.33. The third-order valence-corrected chi connectivity index (χ3v) is 5.47. The summed E-state index contributed by atoms with van der Waals surface area (Å²) in [7, 11) is 0. The zero-order valence-electron chi connectivity index (χ0n) is 14.7. The minimum atomic E-state index is -4.50. The molecule has 0 saturated carbocycles. The lowest BCUT2D eigenvalue weighted by molar-refractivity contribution is -0.137. The third kappa shape index (κ3) is 7.24. The molecular weight excluding hydrogens is 413 g/mol. The summed E-state index contributed by atoms with van der Waals surface area (Å²) in [6, 6.07) is 11.9. The number of benzene rings is 2. The Hall–Kier alpha value is -1.44. The van der Waals surface area contributed by atoms with Crippen molar-refractivity contribution in [2.45, 2.75) is 25.3 Å². The van der Waals surface area contributed by atoms with Gasteiger partial charge in [-0.05, 0) is 60.6 Å². The second kappa shape index (κ2) is 10.2. The van der Waals surface area contributed by atoms with Crippen LogP contribution in [0.3, 0.4) is 0 Å². The molecule has 0 saturated heterocycles. The van der Waals surface area contributed by atoms with E-state index in [1.54, 1.807) is 0 Å². The summed E-state index contributed by atoms with van der Waals surface area (Å²) >= 11 is 12.6. The molecule has 0 spiro atoms. The highest BCUT2D eigenvalue weighted by atomic mass is 35.5. The number of aryl methyl sites for hydroxylation is 1. The van der Waals surface area contributed by atoms with E-state index in [2.05, 4.69) is 29.7 Å². The van der Waals surface area contributed by atoms with Gasteiger partial charge >= 0.3 is 6.18 Å².